The molecule has 38 heavy (non-hydrogen) atoms. The van der Waals surface area contributed by atoms with Crippen LogP contribution in [0.25, 0.3) is 22.8 Å². The summed E-state index contributed by atoms with van der Waals surface area (Å²) >= 11 is -0.191. The number of piperidine rings is 1. The highest BCUT2D eigenvalue weighted by molar-refractivity contribution is 8.00. The molecule has 7 nitrogen and oxygen atoms in total. The van der Waals surface area contributed by atoms with Crippen molar-refractivity contribution in [3.05, 3.63) is 82.8 Å². The number of pyridine rings is 1. The molecule has 2 aromatic heterocycles. The molecule has 11 heteroatoms. The molecular formula is C27H22F3N5O2S. The summed E-state index contributed by atoms with van der Waals surface area (Å²) < 4.78 is 44.7. The fraction of sp³-hybridized carbons (Fsp3) is 0.259. The lowest BCUT2D eigenvalue weighted by atomic mass is 9.98. The molecule has 0 aliphatic carbocycles. The lowest BCUT2D eigenvalue weighted by Crippen LogP contribution is -2.33. The Morgan fingerprint density at radius 3 is 2.50 bits per heavy atom. The number of thioether (sulfide) groups is 1. The number of anilines is 1. The molecule has 1 aliphatic heterocycles. The predicted octanol–water partition coefficient (Wildman–Crippen LogP) is 5.97. The highest BCUT2D eigenvalue weighted by Crippen LogP contribution is 2.37. The van der Waals surface area contributed by atoms with Gasteiger partial charge in [-0.3, -0.25) is 4.79 Å². The monoisotopic (exact) mass is 537 g/mol. The third-order valence-corrected chi connectivity index (χ3v) is 7.05. The van der Waals surface area contributed by atoms with Crippen LogP contribution >= 0.6 is 11.8 Å². The summed E-state index contributed by atoms with van der Waals surface area (Å²) in [6.45, 7) is 1.98. The number of rotatable bonds is 6. The molecule has 1 saturated heterocycles. The van der Waals surface area contributed by atoms with Crippen LogP contribution in [0.4, 0.5) is 18.9 Å². The van der Waals surface area contributed by atoms with Gasteiger partial charge in [-0.2, -0.15) is 23.4 Å². The minimum absolute atomic E-state index is 0.0627. The predicted molar refractivity (Wildman–Crippen MR) is 137 cm³/mol. The van der Waals surface area contributed by atoms with E-state index in [4.69, 9.17) is 9.78 Å². The van der Waals surface area contributed by atoms with Crippen LogP contribution in [0.15, 0.2) is 81.1 Å². The van der Waals surface area contributed by atoms with Crippen LogP contribution in [-0.2, 0) is 6.54 Å². The number of nitrogens with zero attached hydrogens (tertiary/aromatic N) is 5. The molecule has 0 atom stereocenters. The lowest BCUT2D eigenvalue weighted by Gasteiger charge is -2.31. The zero-order valence-electron chi connectivity index (χ0n) is 20.1. The van der Waals surface area contributed by atoms with Crippen molar-refractivity contribution >= 4 is 17.4 Å². The molecule has 0 radical (unpaired) electrons. The van der Waals surface area contributed by atoms with Gasteiger partial charge < -0.3 is 14.0 Å². The minimum atomic E-state index is -4.36. The number of benzene rings is 2. The van der Waals surface area contributed by atoms with E-state index >= 15 is 0 Å². The Labute approximate surface area is 220 Å². The Balaban J connectivity index is 1.32. The van der Waals surface area contributed by atoms with Gasteiger partial charge in [0, 0.05) is 47.4 Å². The molecular weight excluding hydrogens is 515 g/mol. The molecule has 5 rings (SSSR count). The Bertz CT molecular complexity index is 1520. The van der Waals surface area contributed by atoms with Gasteiger partial charge in [-0.05, 0) is 72.6 Å². The molecule has 0 amide bonds. The lowest BCUT2D eigenvalue weighted by molar-refractivity contribution is -0.0328. The van der Waals surface area contributed by atoms with Gasteiger partial charge >= 0.3 is 5.51 Å². The molecule has 0 saturated carbocycles. The van der Waals surface area contributed by atoms with Gasteiger partial charge in [0.05, 0.1) is 18.2 Å². The van der Waals surface area contributed by atoms with Crippen molar-refractivity contribution in [2.45, 2.75) is 29.8 Å². The fourth-order valence-electron chi connectivity index (χ4n) is 4.36. The highest BCUT2D eigenvalue weighted by Gasteiger charge is 2.29. The van der Waals surface area contributed by atoms with Crippen molar-refractivity contribution in [1.82, 2.24) is 14.7 Å². The quantitative estimate of drug-likeness (QED) is 0.280. The van der Waals surface area contributed by atoms with Crippen LogP contribution < -0.4 is 10.5 Å². The van der Waals surface area contributed by atoms with E-state index in [-0.39, 0.29) is 39.8 Å². The maximum absolute atomic E-state index is 12.6. The molecule has 1 fully saturated rings. The topological polar surface area (TPSA) is 87.9 Å². The van der Waals surface area contributed by atoms with E-state index in [0.29, 0.717) is 17.7 Å². The zero-order chi connectivity index (χ0) is 26.7. The van der Waals surface area contributed by atoms with E-state index in [1.165, 1.54) is 30.3 Å². The summed E-state index contributed by atoms with van der Waals surface area (Å²) in [4.78, 5) is 19.3. The summed E-state index contributed by atoms with van der Waals surface area (Å²) in [7, 11) is 0. The van der Waals surface area contributed by atoms with Gasteiger partial charge in [0.2, 0.25) is 5.82 Å². The number of halogens is 3. The molecule has 0 bridgehead atoms. The molecule has 4 aromatic rings. The average molecular weight is 538 g/mol. The Kier molecular flexibility index (Phi) is 7.24. The SMILES string of the molecule is N#CC1CCN(c2cccc(Cn3cc(-c4nc(-c5ccc(SC(F)(F)F)cc5)no4)ccc3=O)c2)CC1. The smallest absolute Gasteiger partial charge is 0.371 e. The first-order valence-electron chi connectivity index (χ1n) is 11.9. The van der Waals surface area contributed by atoms with Crippen LogP contribution in [-0.4, -0.2) is 33.3 Å². The van der Waals surface area contributed by atoms with E-state index in [2.05, 4.69) is 27.2 Å². The highest BCUT2D eigenvalue weighted by atomic mass is 32.2. The Hall–Kier alpha value is -4.04. The minimum Gasteiger partial charge on any atom is -0.371 e. The number of nitriles is 1. The summed E-state index contributed by atoms with van der Waals surface area (Å²) in [6, 6.07) is 19.1. The number of hydrogen-bond donors (Lipinski definition) is 0. The maximum atomic E-state index is 12.6. The Morgan fingerprint density at radius 1 is 1.05 bits per heavy atom. The number of alkyl halides is 3. The van der Waals surface area contributed by atoms with E-state index in [9.17, 15) is 18.0 Å². The van der Waals surface area contributed by atoms with Crippen molar-refractivity contribution in [1.29, 1.82) is 5.26 Å². The second kappa shape index (κ2) is 10.8. The third-order valence-electron chi connectivity index (χ3n) is 6.31. The summed E-state index contributed by atoms with van der Waals surface area (Å²) in [5.41, 5.74) is -1.48. The van der Waals surface area contributed by atoms with Gasteiger partial charge in [-0.15, -0.1) is 0 Å². The number of hydrogen-bond acceptors (Lipinski definition) is 7. The molecule has 0 spiro atoms. The van der Waals surface area contributed by atoms with E-state index in [1.54, 1.807) is 16.8 Å². The maximum Gasteiger partial charge on any atom is 0.446 e. The summed E-state index contributed by atoms with van der Waals surface area (Å²) in [5.74, 6) is 0.527. The van der Waals surface area contributed by atoms with Gasteiger partial charge in [-0.1, -0.05) is 17.3 Å². The third kappa shape index (κ3) is 6.08. The fourth-order valence-corrected chi connectivity index (χ4v) is 4.90. The van der Waals surface area contributed by atoms with Crippen molar-refractivity contribution in [2.75, 3.05) is 18.0 Å². The van der Waals surface area contributed by atoms with Crippen molar-refractivity contribution < 1.29 is 17.7 Å². The molecule has 2 aromatic carbocycles. The van der Waals surface area contributed by atoms with Gasteiger partial charge in [0.15, 0.2) is 0 Å². The largest absolute Gasteiger partial charge is 0.446 e. The van der Waals surface area contributed by atoms with Crippen molar-refractivity contribution in [3.8, 4) is 28.9 Å². The van der Waals surface area contributed by atoms with Gasteiger partial charge in [-0.25, -0.2) is 0 Å². The molecule has 1 aliphatic rings. The van der Waals surface area contributed by atoms with Gasteiger partial charge in [0.1, 0.15) is 0 Å². The first kappa shape index (κ1) is 25.6. The van der Waals surface area contributed by atoms with Crippen LogP contribution in [0, 0.1) is 17.2 Å². The summed E-state index contributed by atoms with van der Waals surface area (Å²) in [5, 5.41) is 13.1. The van der Waals surface area contributed by atoms with E-state index in [0.717, 1.165) is 37.2 Å². The van der Waals surface area contributed by atoms with Crippen molar-refractivity contribution in [3.63, 3.8) is 0 Å². The standard InChI is InChI=1S/C27H22F3N5O2S/c28-27(29,30)38-23-7-4-20(5-8-23)25-32-26(37-33-25)21-6-9-24(36)35(17-21)16-19-2-1-3-22(14-19)34-12-10-18(15-31)11-13-34/h1-9,14,17-18H,10-13,16H2. The Morgan fingerprint density at radius 2 is 1.79 bits per heavy atom. The second-order valence-electron chi connectivity index (χ2n) is 8.94. The van der Waals surface area contributed by atoms with Gasteiger partial charge in [0.25, 0.3) is 11.4 Å². The van der Waals surface area contributed by atoms with Crippen molar-refractivity contribution in [2.24, 2.45) is 5.92 Å². The normalized spacial score (nSPS) is 14.4. The second-order valence-corrected chi connectivity index (χ2v) is 10.1. The molecule has 194 valence electrons. The van der Waals surface area contributed by atoms with Crippen LogP contribution in [0.5, 0.6) is 0 Å². The first-order valence-corrected chi connectivity index (χ1v) is 12.7. The van der Waals surface area contributed by atoms with E-state index < -0.39 is 5.51 Å². The first-order chi connectivity index (χ1) is 18.3. The average Bonchev–Trinajstić information content (AvgIpc) is 3.40. The van der Waals surface area contributed by atoms with E-state index in [1.807, 2.05) is 18.2 Å². The number of aromatic nitrogens is 3. The zero-order valence-corrected chi connectivity index (χ0v) is 20.9. The molecule has 0 N–H and O–H groups in total. The molecule has 3 heterocycles. The van der Waals surface area contributed by atoms with Crippen LogP contribution in [0.2, 0.25) is 0 Å². The van der Waals surface area contributed by atoms with Crippen LogP contribution in [0.3, 0.4) is 0 Å². The molecule has 0 unspecified atom stereocenters. The van der Waals surface area contributed by atoms with Crippen LogP contribution in [0.1, 0.15) is 18.4 Å². The summed E-state index contributed by atoms with van der Waals surface area (Å²) in [6.07, 6.45) is 3.32.